The van der Waals surface area contributed by atoms with E-state index >= 15 is 0 Å². The summed E-state index contributed by atoms with van der Waals surface area (Å²) < 4.78 is 5.75. The molecule has 3 amide bonds. The lowest BCUT2D eigenvalue weighted by molar-refractivity contribution is -0.384. The second-order valence-corrected chi connectivity index (χ2v) is 12.6. The van der Waals surface area contributed by atoms with Crippen molar-refractivity contribution in [2.45, 2.75) is 16.2 Å². The van der Waals surface area contributed by atoms with Gasteiger partial charge in [-0.3, -0.25) is 29.3 Å². The Morgan fingerprint density at radius 1 is 0.933 bits per heavy atom. The van der Waals surface area contributed by atoms with E-state index in [2.05, 4.69) is 10.3 Å². The first-order chi connectivity index (χ1) is 21.8. The van der Waals surface area contributed by atoms with Gasteiger partial charge in [0.1, 0.15) is 11.0 Å². The molecular weight excluding hydrogens is 617 g/mol. The van der Waals surface area contributed by atoms with E-state index in [1.54, 1.807) is 24.3 Å². The van der Waals surface area contributed by atoms with Crippen molar-refractivity contribution in [3.8, 4) is 5.75 Å². The summed E-state index contributed by atoms with van der Waals surface area (Å²) in [5.74, 6) is -2.21. The Kier molecular flexibility index (Phi) is 7.18. The molecule has 1 saturated heterocycles. The van der Waals surface area contributed by atoms with Gasteiger partial charge in [0, 0.05) is 34.0 Å². The van der Waals surface area contributed by atoms with Crippen LogP contribution in [-0.2, 0) is 14.4 Å². The highest BCUT2D eigenvalue weighted by Crippen LogP contribution is 2.53. The molecule has 0 spiro atoms. The minimum absolute atomic E-state index is 0.157. The van der Waals surface area contributed by atoms with Crippen molar-refractivity contribution in [1.82, 2.24) is 4.98 Å². The van der Waals surface area contributed by atoms with Crippen molar-refractivity contribution in [2.75, 3.05) is 16.8 Å². The highest BCUT2D eigenvalue weighted by Gasteiger charge is 2.56. The highest BCUT2D eigenvalue weighted by atomic mass is 32.2. The number of thiazole rings is 1. The molecule has 45 heavy (non-hydrogen) atoms. The van der Waals surface area contributed by atoms with E-state index in [-0.39, 0.29) is 28.8 Å². The van der Waals surface area contributed by atoms with Gasteiger partial charge in [0.2, 0.25) is 11.8 Å². The van der Waals surface area contributed by atoms with Crippen LogP contribution in [-0.4, -0.2) is 39.5 Å². The van der Waals surface area contributed by atoms with Gasteiger partial charge < -0.3 is 15.0 Å². The van der Waals surface area contributed by atoms with Crippen molar-refractivity contribution in [3.63, 3.8) is 0 Å². The van der Waals surface area contributed by atoms with Gasteiger partial charge in [-0.05, 0) is 41.3 Å². The van der Waals surface area contributed by atoms with Crippen molar-refractivity contribution < 1.29 is 24.0 Å². The molecule has 4 aromatic carbocycles. The Morgan fingerprint density at radius 3 is 2.42 bits per heavy atom. The Labute approximate surface area is 263 Å². The van der Waals surface area contributed by atoms with Crippen molar-refractivity contribution >= 4 is 68.7 Å². The van der Waals surface area contributed by atoms with Crippen LogP contribution in [0.25, 0.3) is 10.8 Å². The van der Waals surface area contributed by atoms with E-state index in [1.165, 1.54) is 24.3 Å². The number of nitro groups is 1. The molecule has 2 aliphatic rings. The van der Waals surface area contributed by atoms with Gasteiger partial charge >= 0.3 is 4.87 Å². The number of aromatic nitrogens is 1. The summed E-state index contributed by atoms with van der Waals surface area (Å²) in [5, 5.41) is 15.6. The van der Waals surface area contributed by atoms with Crippen LogP contribution in [0.4, 0.5) is 17.1 Å². The van der Waals surface area contributed by atoms with Crippen molar-refractivity contribution in [2.24, 2.45) is 5.92 Å². The third-order valence-corrected chi connectivity index (χ3v) is 10.2. The summed E-state index contributed by atoms with van der Waals surface area (Å²) >= 11 is 2.14. The number of anilines is 2. The normalized spacial score (nSPS) is 18.8. The fourth-order valence-corrected chi connectivity index (χ4v) is 8.31. The predicted octanol–water partition coefficient (Wildman–Crippen LogP) is 5.31. The molecule has 1 aromatic heterocycles. The number of nitrogens with one attached hydrogen (secondary N) is 2. The summed E-state index contributed by atoms with van der Waals surface area (Å²) in [6.45, 7) is -0.228. The first-order valence-corrected chi connectivity index (χ1v) is 15.5. The summed E-state index contributed by atoms with van der Waals surface area (Å²) in [6, 6.07) is 25.5. The number of nitro benzene ring substituents is 1. The van der Waals surface area contributed by atoms with E-state index in [0.29, 0.717) is 26.9 Å². The molecule has 2 N–H and O–H groups in total. The molecule has 0 aliphatic carbocycles. The van der Waals surface area contributed by atoms with Crippen LogP contribution in [0.3, 0.4) is 0 Å². The van der Waals surface area contributed by atoms with Crippen LogP contribution in [0.1, 0.15) is 16.4 Å². The van der Waals surface area contributed by atoms with Crippen LogP contribution >= 0.6 is 23.1 Å². The summed E-state index contributed by atoms with van der Waals surface area (Å²) in [5.41, 5.74) is 1.46. The van der Waals surface area contributed by atoms with Crippen LogP contribution < -0.4 is 19.8 Å². The monoisotopic (exact) mass is 638 g/mol. The zero-order valence-corrected chi connectivity index (χ0v) is 24.8. The molecule has 0 bridgehead atoms. The number of amides is 3. The molecule has 2 unspecified atom stereocenters. The first-order valence-electron chi connectivity index (χ1n) is 13.8. The summed E-state index contributed by atoms with van der Waals surface area (Å²) in [7, 11) is 0. The topological polar surface area (TPSA) is 152 Å². The average molecular weight is 639 g/mol. The zero-order chi connectivity index (χ0) is 31.2. The third-order valence-electron chi connectivity index (χ3n) is 7.82. The number of imide groups is 1. The first kappa shape index (κ1) is 28.5. The number of H-pyrrole nitrogens is 1. The van der Waals surface area contributed by atoms with Crippen LogP contribution in [0, 0.1) is 16.0 Å². The fraction of sp³-hybridized carbons (Fsp3) is 0.125. The van der Waals surface area contributed by atoms with Gasteiger partial charge in [-0.1, -0.05) is 71.6 Å². The van der Waals surface area contributed by atoms with Crippen molar-refractivity contribution in [3.05, 3.63) is 121 Å². The lowest BCUT2D eigenvalue weighted by atomic mass is 9.83. The fourth-order valence-electron chi connectivity index (χ4n) is 5.80. The molecule has 5 aromatic rings. The minimum Gasteiger partial charge on any atom is -0.484 e. The quantitative estimate of drug-likeness (QED) is 0.138. The maximum atomic E-state index is 13.9. The Morgan fingerprint density at radius 2 is 1.67 bits per heavy atom. The van der Waals surface area contributed by atoms with Crippen LogP contribution in [0.5, 0.6) is 5.75 Å². The number of rotatable bonds is 7. The Balaban J connectivity index is 1.11. The molecule has 224 valence electrons. The lowest BCUT2D eigenvalue weighted by Crippen LogP contribution is -2.32. The molecule has 3 atom stereocenters. The smallest absolute Gasteiger partial charge is 0.305 e. The second kappa shape index (κ2) is 11.3. The highest BCUT2D eigenvalue weighted by molar-refractivity contribution is 8.00. The number of hydrogen-bond donors (Lipinski definition) is 2. The molecule has 3 heterocycles. The minimum atomic E-state index is -0.810. The number of nitrogens with zero attached hydrogens (tertiary/aromatic N) is 2. The number of non-ortho nitro benzene ring substituents is 1. The molecule has 2 aliphatic heterocycles. The Bertz CT molecular complexity index is 2050. The molecule has 0 radical (unpaired) electrons. The number of carbonyl (C=O) groups is 3. The zero-order valence-electron chi connectivity index (χ0n) is 23.2. The number of aromatic amines is 1. The average Bonchev–Trinajstić information content (AvgIpc) is 3.54. The van der Waals surface area contributed by atoms with E-state index in [1.807, 2.05) is 42.5 Å². The molecular formula is C32H22N4O7S2. The third kappa shape index (κ3) is 5.15. The maximum absolute atomic E-state index is 13.9. The Hall–Kier alpha value is -5.27. The van der Waals surface area contributed by atoms with E-state index in [9.17, 15) is 29.3 Å². The number of fused-ring (bicyclic) bond motifs is 3. The van der Waals surface area contributed by atoms with Crippen LogP contribution in [0.2, 0.25) is 0 Å². The predicted molar refractivity (Wildman–Crippen MR) is 170 cm³/mol. The van der Waals surface area contributed by atoms with E-state index in [0.717, 1.165) is 38.8 Å². The van der Waals surface area contributed by atoms with Gasteiger partial charge in [-0.2, -0.15) is 0 Å². The summed E-state index contributed by atoms with van der Waals surface area (Å²) in [6.07, 6.45) is 0. The van der Waals surface area contributed by atoms with Gasteiger partial charge in [0.15, 0.2) is 6.61 Å². The lowest BCUT2D eigenvalue weighted by Gasteiger charge is -2.29. The number of benzene rings is 4. The molecule has 13 heteroatoms. The molecule has 7 rings (SSSR count). The number of thioether (sulfide) groups is 1. The molecule has 1 fully saturated rings. The number of hydrogen-bond acceptors (Lipinski definition) is 9. The standard InChI is InChI=1S/C32H22N4O7S2/c37-24(33-23-7-3-5-17-4-1-2-6-22(17)23)16-43-21-14-8-18(9-15-21)25-26-28(44-29-27(25)45-32(40)34-29)31(39)35(30(26)38)19-10-12-20(13-11-19)36(41)42/h1-15,25-26,28H,16H2,(H,33,37)(H,34,40)/t25-,26?,28?/m1/s1. The van der Waals surface area contributed by atoms with Gasteiger partial charge in [0.05, 0.1) is 21.6 Å². The molecule has 11 nitrogen and oxygen atoms in total. The van der Waals surface area contributed by atoms with Crippen LogP contribution in [0.15, 0.2) is 101 Å². The van der Waals surface area contributed by atoms with Gasteiger partial charge in [0.25, 0.3) is 11.6 Å². The molecule has 0 saturated carbocycles. The second-order valence-electron chi connectivity index (χ2n) is 10.5. The maximum Gasteiger partial charge on any atom is 0.305 e. The van der Waals surface area contributed by atoms with E-state index in [4.69, 9.17) is 4.74 Å². The van der Waals surface area contributed by atoms with E-state index < -0.39 is 33.8 Å². The summed E-state index contributed by atoms with van der Waals surface area (Å²) in [4.78, 5) is 67.3. The largest absolute Gasteiger partial charge is 0.484 e. The number of carbonyl (C=O) groups excluding carboxylic acids is 3. The van der Waals surface area contributed by atoms with Crippen molar-refractivity contribution in [1.29, 1.82) is 0 Å². The number of ether oxygens (including phenoxy) is 1. The SMILES string of the molecule is O=C(COc1ccc([C@H]2c3sc(=O)[nH]c3SC3C(=O)N(c4ccc([N+](=O)[O-])cc4)C(=O)C32)cc1)Nc1cccc2ccccc12. The van der Waals surface area contributed by atoms with Gasteiger partial charge in [-0.15, -0.1) is 0 Å². The van der Waals surface area contributed by atoms with Gasteiger partial charge in [-0.25, -0.2) is 4.90 Å².